The van der Waals surface area contributed by atoms with Gasteiger partial charge in [-0.1, -0.05) is 41.9 Å². The molecule has 0 aliphatic carbocycles. The molecule has 0 spiro atoms. The smallest absolute Gasteiger partial charge is 0.100 e. The van der Waals surface area contributed by atoms with Gasteiger partial charge in [0.15, 0.2) is 0 Å². The maximum absolute atomic E-state index is 6.29. The largest absolute Gasteiger partial charge is 0.265 e. The van der Waals surface area contributed by atoms with Crippen molar-refractivity contribution in [1.29, 1.82) is 0 Å². The van der Waals surface area contributed by atoms with Crippen LogP contribution in [0, 0.1) is 0 Å². The molecule has 2 nitrogen and oxygen atoms in total. The molecular formula is C15H11ClN2S. The highest BCUT2D eigenvalue weighted by atomic mass is 35.5. The van der Waals surface area contributed by atoms with E-state index in [0.717, 1.165) is 32.7 Å². The first-order valence-corrected chi connectivity index (χ1v) is 7.27. The van der Waals surface area contributed by atoms with Gasteiger partial charge in [0.05, 0.1) is 11.4 Å². The Morgan fingerprint density at radius 3 is 2.42 bits per heavy atom. The maximum Gasteiger partial charge on any atom is 0.100 e. The fourth-order valence-electron chi connectivity index (χ4n) is 1.88. The molecule has 0 amide bonds. The molecular weight excluding hydrogens is 276 g/mol. The summed E-state index contributed by atoms with van der Waals surface area (Å²) in [6.45, 7) is 0. The first-order chi connectivity index (χ1) is 9.34. The zero-order chi connectivity index (χ0) is 13.1. The third-order valence-electron chi connectivity index (χ3n) is 2.83. The van der Waals surface area contributed by atoms with Gasteiger partial charge < -0.3 is 0 Å². The van der Waals surface area contributed by atoms with Crippen LogP contribution in [0.4, 0.5) is 0 Å². The number of aliphatic imine (C=N–C) groups is 1. The summed E-state index contributed by atoms with van der Waals surface area (Å²) in [6.07, 6.45) is 3.51. The molecule has 1 aliphatic heterocycles. The summed E-state index contributed by atoms with van der Waals surface area (Å²) >= 11 is 7.90. The molecule has 0 unspecified atom stereocenters. The van der Waals surface area contributed by atoms with Crippen LogP contribution in [-0.2, 0) is 0 Å². The predicted octanol–water partition coefficient (Wildman–Crippen LogP) is 4.18. The normalized spacial score (nSPS) is 15.3. The van der Waals surface area contributed by atoms with E-state index in [1.807, 2.05) is 30.3 Å². The lowest BCUT2D eigenvalue weighted by Crippen LogP contribution is -2.08. The number of rotatable bonds is 2. The van der Waals surface area contributed by atoms with Crippen molar-refractivity contribution in [3.63, 3.8) is 0 Å². The predicted molar refractivity (Wildman–Crippen MR) is 82.4 cm³/mol. The maximum atomic E-state index is 6.29. The molecule has 1 aliphatic rings. The summed E-state index contributed by atoms with van der Waals surface area (Å²) in [5.41, 5.74) is 4.03. The quantitative estimate of drug-likeness (QED) is 0.827. The Bertz CT molecular complexity index is 636. The SMILES string of the molecule is ClC1=C(c2ccncc2)N=C(c2ccccc2)CS1. The van der Waals surface area contributed by atoms with Gasteiger partial charge in [0.1, 0.15) is 4.36 Å². The van der Waals surface area contributed by atoms with Crippen LogP contribution in [0.15, 0.2) is 64.2 Å². The van der Waals surface area contributed by atoms with E-state index in [1.165, 1.54) is 0 Å². The minimum atomic E-state index is 0.742. The minimum Gasteiger partial charge on any atom is -0.265 e. The molecule has 94 valence electrons. The molecule has 2 aromatic rings. The molecule has 0 bridgehead atoms. The Hall–Kier alpha value is -1.58. The number of benzene rings is 1. The van der Waals surface area contributed by atoms with E-state index in [9.17, 15) is 0 Å². The third-order valence-corrected chi connectivity index (χ3v) is 4.20. The molecule has 1 aromatic heterocycles. The molecule has 0 radical (unpaired) electrons. The van der Waals surface area contributed by atoms with E-state index in [-0.39, 0.29) is 0 Å². The Balaban J connectivity index is 2.03. The molecule has 3 rings (SSSR count). The molecule has 1 aromatic carbocycles. The van der Waals surface area contributed by atoms with Gasteiger partial charge in [-0.3, -0.25) is 4.98 Å². The van der Waals surface area contributed by atoms with Crippen molar-refractivity contribution in [3.05, 3.63) is 70.3 Å². The fourth-order valence-corrected chi connectivity index (χ4v) is 2.99. The zero-order valence-electron chi connectivity index (χ0n) is 10.1. The van der Waals surface area contributed by atoms with Crippen LogP contribution in [-0.4, -0.2) is 16.4 Å². The van der Waals surface area contributed by atoms with Crippen LogP contribution >= 0.6 is 23.4 Å². The Kier molecular flexibility index (Phi) is 3.67. The van der Waals surface area contributed by atoms with Gasteiger partial charge in [-0.15, -0.1) is 11.8 Å². The second-order valence-corrected chi connectivity index (χ2v) is 5.66. The molecule has 0 atom stereocenters. The van der Waals surface area contributed by atoms with Crippen molar-refractivity contribution >= 4 is 34.8 Å². The standard InChI is InChI=1S/C15H11ClN2S/c16-15-14(12-6-8-17-9-7-12)18-13(10-19-15)11-4-2-1-3-5-11/h1-9H,10H2. The minimum absolute atomic E-state index is 0.742. The van der Waals surface area contributed by atoms with Crippen LogP contribution < -0.4 is 0 Å². The lowest BCUT2D eigenvalue weighted by atomic mass is 10.1. The molecule has 0 N–H and O–H groups in total. The third kappa shape index (κ3) is 2.72. The lowest BCUT2D eigenvalue weighted by molar-refractivity contribution is 1.31. The monoisotopic (exact) mass is 286 g/mol. The first-order valence-electron chi connectivity index (χ1n) is 5.90. The van der Waals surface area contributed by atoms with Gasteiger partial charge in [0.25, 0.3) is 0 Å². The molecule has 4 heteroatoms. The number of thioether (sulfide) groups is 1. The number of pyridine rings is 1. The van der Waals surface area contributed by atoms with Crippen molar-refractivity contribution < 1.29 is 0 Å². The van der Waals surface area contributed by atoms with E-state index >= 15 is 0 Å². The molecule has 0 saturated heterocycles. The van der Waals surface area contributed by atoms with Gasteiger partial charge in [0.2, 0.25) is 0 Å². The second kappa shape index (κ2) is 5.59. The van der Waals surface area contributed by atoms with Crippen molar-refractivity contribution in [1.82, 2.24) is 4.98 Å². The van der Waals surface area contributed by atoms with Gasteiger partial charge in [-0.2, -0.15) is 0 Å². The summed E-state index contributed by atoms with van der Waals surface area (Å²) < 4.78 is 0.742. The van der Waals surface area contributed by atoms with Crippen LogP contribution in [0.3, 0.4) is 0 Å². The molecule has 0 fully saturated rings. The summed E-state index contributed by atoms with van der Waals surface area (Å²) in [5.74, 6) is 0.803. The Labute approximate surface area is 121 Å². The van der Waals surface area contributed by atoms with Gasteiger partial charge in [-0.25, -0.2) is 4.99 Å². The summed E-state index contributed by atoms with van der Waals surface area (Å²) in [6, 6.07) is 14.0. The van der Waals surface area contributed by atoms with E-state index in [1.54, 1.807) is 24.2 Å². The van der Waals surface area contributed by atoms with Crippen molar-refractivity contribution in [3.8, 4) is 0 Å². The van der Waals surface area contributed by atoms with Crippen LogP contribution in [0.2, 0.25) is 0 Å². The highest BCUT2D eigenvalue weighted by Gasteiger charge is 2.16. The van der Waals surface area contributed by atoms with E-state index in [2.05, 4.69) is 17.1 Å². The number of hydrogen-bond acceptors (Lipinski definition) is 3. The van der Waals surface area contributed by atoms with Gasteiger partial charge in [0, 0.05) is 23.7 Å². The van der Waals surface area contributed by atoms with Gasteiger partial charge in [-0.05, 0) is 17.7 Å². The molecule has 19 heavy (non-hydrogen) atoms. The van der Waals surface area contributed by atoms with E-state index in [4.69, 9.17) is 16.6 Å². The van der Waals surface area contributed by atoms with Crippen LogP contribution in [0.1, 0.15) is 11.1 Å². The number of nitrogens with zero attached hydrogens (tertiary/aromatic N) is 2. The molecule has 2 heterocycles. The molecule has 0 saturated carbocycles. The fraction of sp³-hybridized carbons (Fsp3) is 0.0667. The highest BCUT2D eigenvalue weighted by molar-refractivity contribution is 8.05. The summed E-state index contributed by atoms with van der Waals surface area (Å²) in [7, 11) is 0. The second-order valence-electron chi connectivity index (χ2n) is 4.07. The Morgan fingerprint density at radius 1 is 0.947 bits per heavy atom. The Morgan fingerprint density at radius 2 is 1.68 bits per heavy atom. The van der Waals surface area contributed by atoms with E-state index in [0.29, 0.717) is 0 Å². The summed E-state index contributed by atoms with van der Waals surface area (Å²) in [4.78, 5) is 8.74. The average molecular weight is 287 g/mol. The van der Waals surface area contributed by atoms with Crippen molar-refractivity contribution in [2.24, 2.45) is 4.99 Å². The number of hydrogen-bond donors (Lipinski definition) is 0. The van der Waals surface area contributed by atoms with Crippen molar-refractivity contribution in [2.75, 3.05) is 5.75 Å². The van der Waals surface area contributed by atoms with E-state index < -0.39 is 0 Å². The van der Waals surface area contributed by atoms with Gasteiger partial charge >= 0.3 is 0 Å². The summed E-state index contributed by atoms with van der Waals surface area (Å²) in [5, 5.41) is 0. The van der Waals surface area contributed by atoms with Crippen LogP contribution in [0.25, 0.3) is 5.70 Å². The average Bonchev–Trinajstić information content (AvgIpc) is 2.49. The number of aromatic nitrogens is 1. The topological polar surface area (TPSA) is 25.2 Å². The number of halogens is 1. The van der Waals surface area contributed by atoms with Crippen molar-refractivity contribution in [2.45, 2.75) is 0 Å². The lowest BCUT2D eigenvalue weighted by Gasteiger charge is -2.15. The first kappa shape index (κ1) is 12.5. The zero-order valence-corrected chi connectivity index (χ0v) is 11.7. The van der Waals surface area contributed by atoms with Crippen LogP contribution in [0.5, 0.6) is 0 Å². The highest BCUT2D eigenvalue weighted by Crippen LogP contribution is 2.35.